The van der Waals surface area contributed by atoms with Crippen molar-refractivity contribution in [3.63, 3.8) is 0 Å². The molecule has 4 N–H and O–H groups in total. The van der Waals surface area contributed by atoms with E-state index in [0.717, 1.165) is 29.2 Å². The fourth-order valence-electron chi connectivity index (χ4n) is 4.98. The first-order valence-electron chi connectivity index (χ1n) is 12.8. The van der Waals surface area contributed by atoms with Gasteiger partial charge in [0.25, 0.3) is 10.0 Å². The van der Waals surface area contributed by atoms with E-state index in [2.05, 4.69) is 14.7 Å². The summed E-state index contributed by atoms with van der Waals surface area (Å²) in [6.07, 6.45) is 7.00. The number of hydrogen-bond donors (Lipinski definition) is 3. The number of carboxylic acids is 1. The summed E-state index contributed by atoms with van der Waals surface area (Å²) < 4.78 is 34.6. The summed E-state index contributed by atoms with van der Waals surface area (Å²) in [6.45, 7) is 4.14. The highest BCUT2D eigenvalue weighted by molar-refractivity contribution is 7.92. The van der Waals surface area contributed by atoms with Crippen molar-refractivity contribution in [2.24, 2.45) is 11.7 Å². The maximum absolute atomic E-state index is 13.1. The van der Waals surface area contributed by atoms with Crippen LogP contribution in [-0.4, -0.2) is 42.1 Å². The lowest BCUT2D eigenvalue weighted by Crippen LogP contribution is -2.31. The van der Waals surface area contributed by atoms with Gasteiger partial charge in [0.05, 0.1) is 16.2 Å². The highest BCUT2D eigenvalue weighted by Crippen LogP contribution is 2.30. The van der Waals surface area contributed by atoms with Crippen molar-refractivity contribution >= 4 is 34.3 Å². The Bertz CT molecular complexity index is 1390. The van der Waals surface area contributed by atoms with Crippen LogP contribution in [0.2, 0.25) is 0 Å². The van der Waals surface area contributed by atoms with Crippen LogP contribution in [0.25, 0.3) is 11.3 Å². The number of halogens is 1. The van der Waals surface area contributed by atoms with Crippen molar-refractivity contribution in [3.05, 3.63) is 65.2 Å². The van der Waals surface area contributed by atoms with Gasteiger partial charge in [-0.2, -0.15) is 4.98 Å². The van der Waals surface area contributed by atoms with Crippen molar-refractivity contribution in [1.82, 2.24) is 9.97 Å². The molecule has 3 aromatic rings. The van der Waals surface area contributed by atoms with Crippen LogP contribution in [0.5, 0.6) is 5.88 Å². The SMILES string of the molecule is Cc1cccc(C)c1-c1cc(OC[C@H](N)CC2CCCCC2)nc(NS(=O)(=O)c2cccc(C(=O)O)c2)n1.Cl. The molecule has 0 spiro atoms. The first-order chi connectivity index (χ1) is 18.1. The van der Waals surface area contributed by atoms with Crippen LogP contribution in [0.4, 0.5) is 5.95 Å². The van der Waals surface area contributed by atoms with Gasteiger partial charge in [0.1, 0.15) is 6.61 Å². The van der Waals surface area contributed by atoms with Crippen molar-refractivity contribution in [1.29, 1.82) is 0 Å². The van der Waals surface area contributed by atoms with E-state index < -0.39 is 16.0 Å². The fourth-order valence-corrected chi connectivity index (χ4v) is 5.97. The second kappa shape index (κ2) is 13.2. The first kappa shape index (κ1) is 30.3. The lowest BCUT2D eigenvalue weighted by molar-refractivity contribution is 0.0696. The van der Waals surface area contributed by atoms with Gasteiger partial charge in [-0.3, -0.25) is 0 Å². The third kappa shape index (κ3) is 7.90. The molecule has 1 aliphatic rings. The van der Waals surface area contributed by atoms with E-state index in [1.54, 1.807) is 6.07 Å². The van der Waals surface area contributed by atoms with Crippen molar-refractivity contribution in [2.75, 3.05) is 11.3 Å². The second-order valence-corrected chi connectivity index (χ2v) is 11.6. The number of aromatic carboxylic acids is 1. The molecule has 4 rings (SSSR count). The average molecular weight is 575 g/mol. The highest BCUT2D eigenvalue weighted by Gasteiger charge is 2.21. The van der Waals surface area contributed by atoms with Gasteiger partial charge in [-0.15, -0.1) is 12.4 Å². The number of carboxylic acid groups (broad SMARTS) is 1. The average Bonchev–Trinajstić information content (AvgIpc) is 2.88. The minimum absolute atomic E-state index is 0. The van der Waals surface area contributed by atoms with Crippen LogP contribution in [0.3, 0.4) is 0 Å². The van der Waals surface area contributed by atoms with Gasteiger partial charge in [-0.1, -0.05) is 56.4 Å². The smallest absolute Gasteiger partial charge is 0.335 e. The summed E-state index contributed by atoms with van der Waals surface area (Å²) in [6, 6.07) is 12.4. The Labute approximate surface area is 235 Å². The van der Waals surface area contributed by atoms with E-state index in [9.17, 15) is 18.3 Å². The zero-order valence-corrected chi connectivity index (χ0v) is 23.7. The fraction of sp³-hybridized carbons (Fsp3) is 0.393. The van der Waals surface area contributed by atoms with Crippen LogP contribution in [-0.2, 0) is 10.0 Å². The number of benzene rings is 2. The van der Waals surface area contributed by atoms with E-state index in [1.807, 2.05) is 32.0 Å². The maximum atomic E-state index is 13.1. The van der Waals surface area contributed by atoms with Crippen molar-refractivity contribution in [3.8, 4) is 17.1 Å². The molecule has 39 heavy (non-hydrogen) atoms. The quantitative estimate of drug-likeness (QED) is 0.293. The monoisotopic (exact) mass is 574 g/mol. The molecule has 0 radical (unpaired) electrons. The summed E-state index contributed by atoms with van der Waals surface area (Å²) in [5.74, 6) is -0.604. The van der Waals surface area contributed by atoms with E-state index in [0.29, 0.717) is 11.6 Å². The normalized spacial score (nSPS) is 14.7. The number of ether oxygens (including phenoxy) is 1. The molecule has 0 unspecified atom stereocenters. The topological polar surface area (TPSA) is 144 Å². The van der Waals surface area contributed by atoms with Gasteiger partial charge >= 0.3 is 5.97 Å². The summed E-state index contributed by atoms with van der Waals surface area (Å²) in [4.78, 5) is 19.9. The van der Waals surface area contributed by atoms with E-state index in [4.69, 9.17) is 10.5 Å². The molecule has 11 heteroatoms. The lowest BCUT2D eigenvalue weighted by Gasteiger charge is -2.24. The predicted octanol–water partition coefficient (Wildman–Crippen LogP) is 5.36. The van der Waals surface area contributed by atoms with Crippen LogP contribution in [0.15, 0.2) is 53.4 Å². The van der Waals surface area contributed by atoms with Crippen LogP contribution >= 0.6 is 12.4 Å². The van der Waals surface area contributed by atoms with Gasteiger partial charge in [0, 0.05) is 17.7 Å². The van der Waals surface area contributed by atoms with E-state index in [-0.39, 0.29) is 47.3 Å². The number of nitrogens with zero attached hydrogens (tertiary/aromatic N) is 2. The van der Waals surface area contributed by atoms with Crippen LogP contribution in [0, 0.1) is 19.8 Å². The molecule has 1 saturated carbocycles. The van der Waals surface area contributed by atoms with Gasteiger partial charge in [-0.05, 0) is 55.5 Å². The Morgan fingerprint density at radius 2 is 1.74 bits per heavy atom. The lowest BCUT2D eigenvalue weighted by atomic mass is 9.85. The molecule has 0 bridgehead atoms. The number of nitrogens with one attached hydrogen (secondary N) is 1. The summed E-state index contributed by atoms with van der Waals surface area (Å²) in [7, 11) is -4.17. The predicted molar refractivity (Wildman–Crippen MR) is 153 cm³/mol. The molecule has 0 saturated heterocycles. The molecule has 1 fully saturated rings. The van der Waals surface area contributed by atoms with Crippen molar-refractivity contribution in [2.45, 2.75) is 63.3 Å². The second-order valence-electron chi connectivity index (χ2n) is 9.93. The molecule has 1 heterocycles. The van der Waals surface area contributed by atoms with Crippen LogP contribution in [0.1, 0.15) is 60.0 Å². The minimum Gasteiger partial charge on any atom is -0.478 e. The zero-order chi connectivity index (χ0) is 27.3. The Balaban J connectivity index is 0.00000420. The summed E-state index contributed by atoms with van der Waals surface area (Å²) >= 11 is 0. The Hall–Kier alpha value is -3.21. The van der Waals surface area contributed by atoms with E-state index >= 15 is 0 Å². The van der Waals surface area contributed by atoms with Crippen molar-refractivity contribution < 1.29 is 23.1 Å². The zero-order valence-electron chi connectivity index (χ0n) is 22.1. The van der Waals surface area contributed by atoms with Gasteiger partial charge in [-0.25, -0.2) is 22.9 Å². The molecule has 210 valence electrons. The molecule has 0 amide bonds. The standard InChI is InChI=1S/C28H34N4O5S.ClH/c1-18-8-6-9-19(2)26(18)24-16-25(37-17-22(29)14-20-10-4-3-5-11-20)31-28(30-24)32-38(35,36)23-13-7-12-21(15-23)27(33)34;/h6-9,12-13,15-16,20,22H,3-5,10-11,14,17,29H2,1-2H3,(H,33,34)(H,30,31,32);1H/t22-;/m1./s1. The Morgan fingerprint density at radius 3 is 2.41 bits per heavy atom. The molecule has 0 aliphatic heterocycles. The molecule has 1 aliphatic carbocycles. The molecular formula is C28H35ClN4O5S. The number of rotatable bonds is 10. The number of sulfonamides is 1. The summed E-state index contributed by atoms with van der Waals surface area (Å²) in [5.41, 5.74) is 9.51. The number of hydrogen-bond acceptors (Lipinski definition) is 7. The van der Waals surface area contributed by atoms with Gasteiger partial charge in [0.15, 0.2) is 0 Å². The molecule has 2 aromatic carbocycles. The Morgan fingerprint density at radius 1 is 1.08 bits per heavy atom. The van der Waals surface area contributed by atoms with Gasteiger partial charge < -0.3 is 15.6 Å². The number of aryl methyl sites for hydroxylation is 2. The first-order valence-corrected chi connectivity index (χ1v) is 14.3. The molecule has 9 nitrogen and oxygen atoms in total. The summed E-state index contributed by atoms with van der Waals surface area (Å²) in [5, 5.41) is 9.26. The van der Waals surface area contributed by atoms with Crippen LogP contribution < -0.4 is 15.2 Å². The third-order valence-corrected chi connectivity index (χ3v) is 8.19. The highest BCUT2D eigenvalue weighted by atomic mass is 35.5. The largest absolute Gasteiger partial charge is 0.478 e. The minimum atomic E-state index is -4.17. The maximum Gasteiger partial charge on any atom is 0.335 e. The number of carbonyl (C=O) groups is 1. The number of nitrogens with two attached hydrogens (primary N) is 1. The van der Waals surface area contributed by atoms with Gasteiger partial charge in [0.2, 0.25) is 11.8 Å². The number of anilines is 1. The van der Waals surface area contributed by atoms with E-state index in [1.165, 1.54) is 50.3 Å². The molecule has 1 aromatic heterocycles. The number of aromatic nitrogens is 2. The molecular weight excluding hydrogens is 540 g/mol. The molecule has 1 atom stereocenters. The Kier molecular flexibility index (Phi) is 10.3. The third-order valence-electron chi connectivity index (χ3n) is 6.86.